The second-order valence-corrected chi connectivity index (χ2v) is 5.26. The van der Waals surface area contributed by atoms with Crippen LogP contribution in [0.15, 0.2) is 41.0 Å². The van der Waals surface area contributed by atoms with Crippen molar-refractivity contribution in [2.75, 3.05) is 12.4 Å². The summed E-state index contributed by atoms with van der Waals surface area (Å²) >= 11 is 3.41. The molecule has 3 rings (SSSR count). The average molecular weight is 347 g/mol. The molecule has 0 radical (unpaired) electrons. The molecular weight excluding hydrogens is 336 g/mol. The molecule has 2 N–H and O–H groups in total. The summed E-state index contributed by atoms with van der Waals surface area (Å²) in [4.78, 5) is 15.6. The van der Waals surface area contributed by atoms with E-state index in [1.54, 1.807) is 24.0 Å². The summed E-state index contributed by atoms with van der Waals surface area (Å²) in [5, 5.41) is 17.0. The topological polar surface area (TPSA) is 80.0 Å². The van der Waals surface area contributed by atoms with Gasteiger partial charge in [0.05, 0.1) is 16.6 Å². The zero-order valence-corrected chi connectivity index (χ0v) is 12.6. The van der Waals surface area contributed by atoms with Gasteiger partial charge in [0.1, 0.15) is 5.82 Å². The highest BCUT2D eigenvalue weighted by atomic mass is 79.9. The summed E-state index contributed by atoms with van der Waals surface area (Å²) in [6.45, 7) is 0. The maximum atomic E-state index is 11.5. The first kappa shape index (κ1) is 13.6. The second-order valence-electron chi connectivity index (χ2n) is 4.35. The van der Waals surface area contributed by atoms with E-state index >= 15 is 0 Å². The Kier molecular flexibility index (Phi) is 3.34. The number of anilines is 1. The highest BCUT2D eigenvalue weighted by Crippen LogP contribution is 2.28. The molecule has 0 saturated heterocycles. The van der Waals surface area contributed by atoms with Gasteiger partial charge in [-0.1, -0.05) is 22.0 Å². The minimum Gasteiger partial charge on any atom is -0.476 e. The van der Waals surface area contributed by atoms with E-state index in [1.165, 1.54) is 0 Å². The van der Waals surface area contributed by atoms with Gasteiger partial charge < -0.3 is 10.4 Å². The van der Waals surface area contributed by atoms with Crippen molar-refractivity contribution in [2.24, 2.45) is 0 Å². The molecule has 7 heteroatoms. The van der Waals surface area contributed by atoms with Crippen LogP contribution in [0.3, 0.4) is 0 Å². The van der Waals surface area contributed by atoms with Gasteiger partial charge in [0.15, 0.2) is 5.69 Å². The van der Waals surface area contributed by atoms with Gasteiger partial charge in [0.2, 0.25) is 0 Å². The molecule has 0 spiro atoms. The van der Waals surface area contributed by atoms with E-state index < -0.39 is 5.97 Å². The number of rotatable bonds is 3. The fourth-order valence-electron chi connectivity index (χ4n) is 2.21. The van der Waals surface area contributed by atoms with Crippen molar-refractivity contribution in [3.8, 4) is 5.69 Å². The van der Waals surface area contributed by atoms with E-state index in [4.69, 9.17) is 0 Å². The molecular formula is C14H11BrN4O2. The fraction of sp³-hybridized carbons (Fsp3) is 0.0714. The van der Waals surface area contributed by atoms with E-state index in [1.807, 2.05) is 24.3 Å². The van der Waals surface area contributed by atoms with Gasteiger partial charge in [-0.25, -0.2) is 14.5 Å². The Labute approximate surface area is 128 Å². The maximum Gasteiger partial charge on any atom is 0.357 e. The Morgan fingerprint density at radius 1 is 1.38 bits per heavy atom. The molecule has 0 fully saturated rings. The van der Waals surface area contributed by atoms with Crippen LogP contribution in [-0.2, 0) is 0 Å². The van der Waals surface area contributed by atoms with Gasteiger partial charge in [0, 0.05) is 17.7 Å². The van der Waals surface area contributed by atoms with Gasteiger partial charge in [0.25, 0.3) is 0 Å². The van der Waals surface area contributed by atoms with Crippen molar-refractivity contribution in [1.29, 1.82) is 0 Å². The van der Waals surface area contributed by atoms with Gasteiger partial charge >= 0.3 is 5.97 Å². The van der Waals surface area contributed by atoms with E-state index in [2.05, 4.69) is 31.3 Å². The molecule has 1 aromatic carbocycles. The number of aromatic carboxylic acids is 1. The third kappa shape index (κ3) is 2.25. The molecule has 0 atom stereocenters. The molecule has 0 saturated carbocycles. The highest BCUT2D eigenvalue weighted by Gasteiger charge is 2.20. The van der Waals surface area contributed by atoms with Gasteiger partial charge in [-0.2, -0.15) is 5.10 Å². The number of fused-ring (bicyclic) bond motifs is 1. The smallest absolute Gasteiger partial charge is 0.357 e. The molecule has 2 heterocycles. The Bertz CT molecular complexity index is 844. The summed E-state index contributed by atoms with van der Waals surface area (Å²) in [5.41, 5.74) is 1.43. The first-order chi connectivity index (χ1) is 10.1. The summed E-state index contributed by atoms with van der Waals surface area (Å²) < 4.78 is 2.50. The van der Waals surface area contributed by atoms with E-state index in [0.29, 0.717) is 16.7 Å². The lowest BCUT2D eigenvalue weighted by molar-refractivity contribution is 0.0692. The lowest BCUT2D eigenvalue weighted by atomic mass is 10.2. The number of aromatic nitrogens is 3. The number of carbonyl (C=O) groups is 1. The summed E-state index contributed by atoms with van der Waals surface area (Å²) in [5.74, 6) is -0.593. The Balaban J connectivity index is 2.37. The summed E-state index contributed by atoms with van der Waals surface area (Å²) in [7, 11) is 1.70. The molecule has 0 aliphatic carbocycles. The molecule has 0 unspecified atom stereocenters. The number of nitrogens with one attached hydrogen (secondary N) is 1. The lowest BCUT2D eigenvalue weighted by Gasteiger charge is -2.05. The molecule has 0 aliphatic rings. The van der Waals surface area contributed by atoms with Crippen molar-refractivity contribution in [2.45, 2.75) is 0 Å². The van der Waals surface area contributed by atoms with E-state index in [9.17, 15) is 9.90 Å². The first-order valence-electron chi connectivity index (χ1n) is 6.16. The van der Waals surface area contributed by atoms with Crippen molar-refractivity contribution in [3.05, 3.63) is 46.7 Å². The predicted octanol–water partition coefficient (Wildman–Crippen LogP) is 2.92. The number of halogens is 1. The average Bonchev–Trinajstić information content (AvgIpc) is 2.87. The molecule has 0 amide bonds. The zero-order chi connectivity index (χ0) is 15.0. The van der Waals surface area contributed by atoms with Crippen molar-refractivity contribution < 1.29 is 9.90 Å². The van der Waals surface area contributed by atoms with Crippen LogP contribution in [0.5, 0.6) is 0 Å². The minimum atomic E-state index is -1.08. The number of carboxylic acid groups (broad SMARTS) is 1. The lowest BCUT2D eigenvalue weighted by Crippen LogP contribution is -2.01. The Morgan fingerprint density at radius 3 is 2.86 bits per heavy atom. The Morgan fingerprint density at radius 2 is 2.19 bits per heavy atom. The molecule has 106 valence electrons. The van der Waals surface area contributed by atoms with Crippen LogP contribution in [-0.4, -0.2) is 32.9 Å². The Hall–Kier alpha value is -2.41. The van der Waals surface area contributed by atoms with Crippen LogP contribution in [0.25, 0.3) is 16.6 Å². The number of hydrogen-bond acceptors (Lipinski definition) is 4. The maximum absolute atomic E-state index is 11.5. The third-order valence-electron chi connectivity index (χ3n) is 3.09. The second kappa shape index (κ2) is 5.17. The molecule has 3 aromatic rings. The van der Waals surface area contributed by atoms with Crippen LogP contribution < -0.4 is 5.32 Å². The van der Waals surface area contributed by atoms with Crippen LogP contribution in [0.2, 0.25) is 0 Å². The standard InChI is InChI=1S/C14H11BrN4O2/c1-16-13-11-10(5-6-17-13)19(18-12(11)14(20)21)9-4-2-3-8(15)7-9/h2-7H,1H3,(H,16,17)(H,20,21). The van der Waals surface area contributed by atoms with Crippen LogP contribution >= 0.6 is 15.9 Å². The molecule has 0 aliphatic heterocycles. The number of pyridine rings is 1. The molecule has 2 aromatic heterocycles. The van der Waals surface area contributed by atoms with Crippen LogP contribution in [0.4, 0.5) is 5.82 Å². The van der Waals surface area contributed by atoms with Gasteiger partial charge in [-0.15, -0.1) is 0 Å². The van der Waals surface area contributed by atoms with Crippen molar-refractivity contribution in [3.63, 3.8) is 0 Å². The fourth-order valence-corrected chi connectivity index (χ4v) is 2.60. The van der Waals surface area contributed by atoms with Crippen LogP contribution in [0.1, 0.15) is 10.5 Å². The summed E-state index contributed by atoms with van der Waals surface area (Å²) in [6, 6.07) is 9.25. The van der Waals surface area contributed by atoms with Crippen molar-refractivity contribution in [1.82, 2.24) is 14.8 Å². The number of nitrogens with zero attached hydrogens (tertiary/aromatic N) is 3. The molecule has 0 bridgehead atoms. The quantitative estimate of drug-likeness (QED) is 0.762. The number of hydrogen-bond donors (Lipinski definition) is 2. The van der Waals surface area contributed by atoms with Crippen LogP contribution in [0, 0.1) is 0 Å². The largest absolute Gasteiger partial charge is 0.476 e. The first-order valence-corrected chi connectivity index (χ1v) is 6.96. The number of carboxylic acids is 1. The van der Waals surface area contributed by atoms with Crippen molar-refractivity contribution >= 4 is 38.6 Å². The van der Waals surface area contributed by atoms with E-state index in [-0.39, 0.29) is 5.69 Å². The zero-order valence-electron chi connectivity index (χ0n) is 11.0. The monoisotopic (exact) mass is 346 g/mol. The molecule has 21 heavy (non-hydrogen) atoms. The highest BCUT2D eigenvalue weighted by molar-refractivity contribution is 9.10. The van der Waals surface area contributed by atoms with Gasteiger partial charge in [-0.3, -0.25) is 0 Å². The predicted molar refractivity (Wildman–Crippen MR) is 83.1 cm³/mol. The third-order valence-corrected chi connectivity index (χ3v) is 3.58. The SMILES string of the molecule is CNc1nccc2c1c(C(=O)O)nn2-c1cccc(Br)c1. The minimum absolute atomic E-state index is 0.0255. The number of benzene rings is 1. The summed E-state index contributed by atoms with van der Waals surface area (Å²) in [6.07, 6.45) is 1.62. The normalized spacial score (nSPS) is 10.8. The van der Waals surface area contributed by atoms with Gasteiger partial charge in [-0.05, 0) is 24.3 Å². The van der Waals surface area contributed by atoms with E-state index in [0.717, 1.165) is 10.2 Å². The molecule has 6 nitrogen and oxygen atoms in total.